The van der Waals surface area contributed by atoms with Gasteiger partial charge in [0.05, 0.1) is 0 Å². The molecule has 0 aromatic carbocycles. The number of hydrogen-bond donors (Lipinski definition) is 1. The van der Waals surface area contributed by atoms with E-state index in [2.05, 4.69) is 29.0 Å². The number of pyridine rings is 1. The van der Waals surface area contributed by atoms with Gasteiger partial charge in [-0.3, -0.25) is 4.90 Å². The van der Waals surface area contributed by atoms with Crippen molar-refractivity contribution in [2.75, 3.05) is 38.0 Å². The molecule has 0 aliphatic carbocycles. The number of hydrogen-bond acceptors (Lipinski definition) is 5. The molecular weight excluding hydrogens is 288 g/mol. The summed E-state index contributed by atoms with van der Waals surface area (Å²) in [6.07, 6.45) is 1.43. The van der Waals surface area contributed by atoms with Crippen molar-refractivity contribution in [2.24, 2.45) is 0 Å². The van der Waals surface area contributed by atoms with Crippen LogP contribution in [0, 0.1) is 0 Å². The molecule has 1 aliphatic heterocycles. The Labute approximate surface area is 127 Å². The lowest BCUT2D eigenvalue weighted by Gasteiger charge is -2.38. The molecule has 1 saturated heterocycles. The lowest BCUT2D eigenvalue weighted by atomic mass is 10.2. The molecule has 6 nitrogen and oxygen atoms in total. The molecule has 0 spiro atoms. The molecule has 118 valence electrons. The Morgan fingerprint density at radius 3 is 2.62 bits per heavy atom. The molecule has 0 amide bonds. The van der Waals surface area contributed by atoms with Gasteiger partial charge < -0.3 is 5.32 Å². The summed E-state index contributed by atoms with van der Waals surface area (Å²) in [4.78, 5) is 6.71. The average Bonchev–Trinajstić information content (AvgIpc) is 2.48. The number of likely N-dealkylation sites (N-methyl/N-ethyl adjacent to an activating group) is 1. The van der Waals surface area contributed by atoms with Gasteiger partial charge in [0.2, 0.25) is 10.0 Å². The van der Waals surface area contributed by atoms with E-state index in [1.807, 2.05) is 6.92 Å². The van der Waals surface area contributed by atoms with Gasteiger partial charge in [-0.15, -0.1) is 0 Å². The second-order valence-corrected chi connectivity index (χ2v) is 7.19. The number of nitrogens with zero attached hydrogens (tertiary/aromatic N) is 3. The Hall–Kier alpha value is -1.18. The van der Waals surface area contributed by atoms with Crippen LogP contribution in [0.3, 0.4) is 0 Å². The summed E-state index contributed by atoms with van der Waals surface area (Å²) in [5, 5.41) is 3.06. The van der Waals surface area contributed by atoms with Crippen LogP contribution in [0.5, 0.6) is 0 Å². The van der Waals surface area contributed by atoms with Crippen molar-refractivity contribution < 1.29 is 8.42 Å². The maximum atomic E-state index is 12.6. The molecular formula is C14H24N4O2S. The first kappa shape index (κ1) is 16.2. The predicted molar refractivity (Wildman–Crippen MR) is 83.9 cm³/mol. The predicted octanol–water partition coefficient (Wildman–Crippen LogP) is 1.23. The van der Waals surface area contributed by atoms with Gasteiger partial charge in [-0.2, -0.15) is 4.31 Å². The fourth-order valence-corrected chi connectivity index (χ4v) is 4.08. The molecule has 2 rings (SSSR count). The van der Waals surface area contributed by atoms with Crippen LogP contribution in [0.25, 0.3) is 0 Å². The highest BCUT2D eigenvalue weighted by atomic mass is 32.2. The molecule has 1 aromatic rings. The first-order valence-electron chi connectivity index (χ1n) is 7.43. The minimum absolute atomic E-state index is 0.243. The van der Waals surface area contributed by atoms with E-state index >= 15 is 0 Å². The maximum Gasteiger partial charge on any atom is 0.244 e. The Morgan fingerprint density at radius 2 is 2.10 bits per heavy atom. The van der Waals surface area contributed by atoms with Crippen molar-refractivity contribution >= 4 is 15.8 Å². The number of anilines is 1. The molecule has 0 saturated carbocycles. The number of sulfonamides is 1. The van der Waals surface area contributed by atoms with E-state index in [1.165, 1.54) is 6.20 Å². The van der Waals surface area contributed by atoms with Crippen molar-refractivity contribution in [1.82, 2.24) is 14.2 Å². The zero-order valence-electron chi connectivity index (χ0n) is 12.9. The molecule has 1 N–H and O–H groups in total. The highest BCUT2D eigenvalue weighted by Crippen LogP contribution is 2.20. The minimum atomic E-state index is -3.44. The third kappa shape index (κ3) is 3.53. The molecule has 0 bridgehead atoms. The van der Waals surface area contributed by atoms with Crippen molar-refractivity contribution in [3.63, 3.8) is 0 Å². The van der Waals surface area contributed by atoms with Gasteiger partial charge in [0.1, 0.15) is 10.7 Å². The van der Waals surface area contributed by atoms with Gasteiger partial charge in [-0.05, 0) is 32.5 Å². The summed E-state index contributed by atoms with van der Waals surface area (Å²) in [6, 6.07) is 3.58. The van der Waals surface area contributed by atoms with Gasteiger partial charge in [-0.25, -0.2) is 13.4 Å². The van der Waals surface area contributed by atoms with Gasteiger partial charge in [0.15, 0.2) is 0 Å². The summed E-state index contributed by atoms with van der Waals surface area (Å²) in [7, 11) is -3.44. The number of nitrogens with one attached hydrogen (secondary N) is 1. The Balaban J connectivity index is 2.14. The van der Waals surface area contributed by atoms with Crippen molar-refractivity contribution in [2.45, 2.75) is 31.7 Å². The second kappa shape index (κ2) is 6.72. The van der Waals surface area contributed by atoms with Crippen molar-refractivity contribution in [1.29, 1.82) is 0 Å². The summed E-state index contributed by atoms with van der Waals surface area (Å²) in [5.74, 6) is 0.695. The summed E-state index contributed by atoms with van der Waals surface area (Å²) < 4.78 is 26.9. The monoisotopic (exact) mass is 312 g/mol. The number of piperazine rings is 1. The van der Waals surface area contributed by atoms with E-state index in [0.717, 1.165) is 19.6 Å². The Kier molecular flexibility index (Phi) is 5.18. The lowest BCUT2D eigenvalue weighted by Crippen LogP contribution is -2.53. The Bertz CT molecular complexity index is 559. The molecule has 2 heterocycles. The quantitative estimate of drug-likeness (QED) is 0.886. The van der Waals surface area contributed by atoms with E-state index < -0.39 is 10.0 Å². The van der Waals surface area contributed by atoms with Crippen LogP contribution in [-0.4, -0.2) is 61.4 Å². The third-order valence-corrected chi connectivity index (χ3v) is 5.71. The van der Waals surface area contributed by atoms with Crippen LogP contribution >= 0.6 is 0 Å². The first-order chi connectivity index (χ1) is 9.98. The standard InChI is InChI=1S/C14H24N4O2S/c1-4-15-14-7-6-13(10-16-14)21(19,20)18-9-8-17(5-2)12(3)11-18/h6-7,10,12H,4-5,8-9,11H2,1-3H3,(H,15,16). The fraction of sp³-hybridized carbons (Fsp3) is 0.643. The van der Waals surface area contributed by atoms with E-state index in [9.17, 15) is 8.42 Å². The minimum Gasteiger partial charge on any atom is -0.370 e. The van der Waals surface area contributed by atoms with Crippen LogP contribution in [0.15, 0.2) is 23.2 Å². The van der Waals surface area contributed by atoms with Crippen LogP contribution < -0.4 is 5.32 Å². The zero-order chi connectivity index (χ0) is 15.5. The molecule has 1 aromatic heterocycles. The highest BCUT2D eigenvalue weighted by molar-refractivity contribution is 7.89. The first-order valence-corrected chi connectivity index (χ1v) is 8.87. The van der Waals surface area contributed by atoms with E-state index in [4.69, 9.17) is 0 Å². The number of aromatic nitrogens is 1. The molecule has 21 heavy (non-hydrogen) atoms. The summed E-state index contributed by atoms with van der Waals surface area (Å²) in [6.45, 7) is 9.70. The maximum absolute atomic E-state index is 12.6. The largest absolute Gasteiger partial charge is 0.370 e. The van der Waals surface area contributed by atoms with E-state index in [0.29, 0.717) is 18.9 Å². The van der Waals surface area contributed by atoms with Crippen LogP contribution in [0.4, 0.5) is 5.82 Å². The smallest absolute Gasteiger partial charge is 0.244 e. The molecule has 1 fully saturated rings. The van der Waals surface area contributed by atoms with Gasteiger partial charge in [0.25, 0.3) is 0 Å². The molecule has 0 radical (unpaired) electrons. The molecule has 7 heteroatoms. The average molecular weight is 312 g/mol. The second-order valence-electron chi connectivity index (χ2n) is 5.25. The molecule has 1 aliphatic rings. The lowest BCUT2D eigenvalue weighted by molar-refractivity contribution is 0.135. The topological polar surface area (TPSA) is 65.5 Å². The van der Waals surface area contributed by atoms with E-state index in [-0.39, 0.29) is 10.9 Å². The fourth-order valence-electron chi connectivity index (χ4n) is 2.62. The molecule has 1 atom stereocenters. The normalized spacial score (nSPS) is 21.4. The summed E-state index contributed by atoms with van der Waals surface area (Å²) in [5.41, 5.74) is 0. The van der Waals surface area contributed by atoms with Crippen LogP contribution in [0.1, 0.15) is 20.8 Å². The van der Waals surface area contributed by atoms with E-state index in [1.54, 1.807) is 16.4 Å². The zero-order valence-corrected chi connectivity index (χ0v) is 13.7. The van der Waals surface area contributed by atoms with Crippen LogP contribution in [-0.2, 0) is 10.0 Å². The van der Waals surface area contributed by atoms with Gasteiger partial charge in [0, 0.05) is 38.4 Å². The van der Waals surface area contributed by atoms with Gasteiger partial charge in [-0.1, -0.05) is 6.92 Å². The van der Waals surface area contributed by atoms with Crippen molar-refractivity contribution in [3.8, 4) is 0 Å². The summed E-state index contributed by atoms with van der Waals surface area (Å²) >= 11 is 0. The van der Waals surface area contributed by atoms with Crippen molar-refractivity contribution in [3.05, 3.63) is 18.3 Å². The SMILES string of the molecule is CCNc1ccc(S(=O)(=O)N2CCN(CC)C(C)C2)cn1. The highest BCUT2D eigenvalue weighted by Gasteiger charge is 2.31. The number of rotatable bonds is 5. The van der Waals surface area contributed by atoms with Crippen LogP contribution in [0.2, 0.25) is 0 Å². The van der Waals surface area contributed by atoms with Gasteiger partial charge >= 0.3 is 0 Å². The third-order valence-electron chi connectivity index (χ3n) is 3.87. The Morgan fingerprint density at radius 1 is 1.33 bits per heavy atom. The molecule has 1 unspecified atom stereocenters.